The molecule has 0 aliphatic rings. The Morgan fingerprint density at radius 3 is 1.38 bits per heavy atom. The molecule has 0 aliphatic carbocycles. The van der Waals surface area contributed by atoms with Crippen LogP contribution in [0.1, 0.15) is 33.1 Å². The lowest BCUT2D eigenvalue weighted by molar-refractivity contribution is 0.631. The first kappa shape index (κ1) is 15.3. The summed E-state index contributed by atoms with van der Waals surface area (Å²) in [5.74, 6) is 0. The van der Waals surface area contributed by atoms with Crippen molar-refractivity contribution in [3.8, 4) is 0 Å². The Morgan fingerprint density at radius 2 is 1.31 bits per heavy atom. The summed E-state index contributed by atoms with van der Waals surface area (Å²) in [6.07, 6.45) is 3.04. The molecule has 0 heterocycles. The summed E-state index contributed by atoms with van der Waals surface area (Å²) in [6.45, 7) is 5.42. The van der Waals surface area contributed by atoms with Gasteiger partial charge in [-0.05, 0) is 46.2 Å². The average Bonchev–Trinajstić information content (AvgIpc) is 2.01. The fraction of sp³-hybridized carbons (Fsp3) is 1.00. The van der Waals surface area contributed by atoms with Gasteiger partial charge in [0.05, 0.1) is 0 Å². The molecule has 2 unspecified atom stereocenters. The molecule has 4 nitrogen and oxygen atoms in total. The third-order valence-electron chi connectivity index (χ3n) is 1.49. The summed E-state index contributed by atoms with van der Waals surface area (Å²) in [4.78, 5) is 0. The van der Waals surface area contributed by atoms with Crippen LogP contribution < -0.4 is 22.9 Å². The molecule has 0 amide bonds. The van der Waals surface area contributed by atoms with E-state index in [1.165, 1.54) is 0 Å². The summed E-state index contributed by atoms with van der Waals surface area (Å²) >= 11 is 0. The fourth-order valence-electron chi connectivity index (χ4n) is 0.703. The van der Waals surface area contributed by atoms with Gasteiger partial charge in [0.15, 0.2) is 0 Å². The Balaban J connectivity index is 0. The first-order chi connectivity index (χ1) is 6.04. The van der Waals surface area contributed by atoms with Gasteiger partial charge in [-0.1, -0.05) is 0 Å². The highest BCUT2D eigenvalue weighted by Crippen LogP contribution is 1.88. The van der Waals surface area contributed by atoms with E-state index >= 15 is 0 Å². The molecular weight excluding hydrogens is 164 g/mol. The molecule has 82 valence electrons. The van der Waals surface area contributed by atoms with Crippen LogP contribution in [0, 0.1) is 0 Å². The number of hydrogen-bond donors (Lipinski definition) is 4. The predicted octanol–water partition coefficient (Wildman–Crippen LogP) is -0.245. The molecule has 4 heteroatoms. The van der Waals surface area contributed by atoms with Crippen molar-refractivity contribution in [2.24, 2.45) is 22.9 Å². The summed E-state index contributed by atoms with van der Waals surface area (Å²) in [7, 11) is 0. The minimum atomic E-state index is 0.273. The van der Waals surface area contributed by atoms with Crippen LogP contribution in [0.5, 0.6) is 0 Å². The van der Waals surface area contributed by atoms with Crippen LogP contribution in [0.3, 0.4) is 0 Å². The molecule has 0 spiro atoms. The Labute approximate surface area is 82.0 Å². The van der Waals surface area contributed by atoms with E-state index in [0.29, 0.717) is 12.6 Å². The number of hydrogen-bond acceptors (Lipinski definition) is 4. The van der Waals surface area contributed by atoms with Gasteiger partial charge in [-0.2, -0.15) is 0 Å². The standard InChI is InChI=1S/C5H14N2.C4H12N2/c1-5(7)3-2-4-6;1-4(6)2-3-5/h5H,2-4,6-7H2,1H3;4H,2-3,5-6H2,1H3. The van der Waals surface area contributed by atoms with E-state index in [2.05, 4.69) is 0 Å². The second-order valence-corrected chi connectivity index (χ2v) is 3.46. The maximum atomic E-state index is 5.42. The van der Waals surface area contributed by atoms with Crippen molar-refractivity contribution in [1.82, 2.24) is 0 Å². The normalized spacial score (nSPS) is 14.3. The molecule has 0 rings (SSSR count). The van der Waals surface area contributed by atoms with Crippen molar-refractivity contribution in [3.05, 3.63) is 0 Å². The highest BCUT2D eigenvalue weighted by molar-refractivity contribution is 4.51. The third-order valence-corrected chi connectivity index (χ3v) is 1.49. The van der Waals surface area contributed by atoms with E-state index in [1.54, 1.807) is 0 Å². The molecule has 0 aliphatic heterocycles. The summed E-state index contributed by atoms with van der Waals surface area (Å²) in [5, 5.41) is 0. The topological polar surface area (TPSA) is 104 Å². The SMILES string of the molecule is CC(N)CCCN.CC(N)CCN. The lowest BCUT2D eigenvalue weighted by atomic mass is 10.2. The molecule has 8 N–H and O–H groups in total. The maximum absolute atomic E-state index is 5.42. The van der Waals surface area contributed by atoms with E-state index in [4.69, 9.17) is 22.9 Å². The molecule has 0 aromatic rings. The van der Waals surface area contributed by atoms with E-state index in [1.807, 2.05) is 13.8 Å². The van der Waals surface area contributed by atoms with Gasteiger partial charge in [0, 0.05) is 12.1 Å². The molecule has 0 aromatic heterocycles. The first-order valence-electron chi connectivity index (χ1n) is 4.95. The highest BCUT2D eigenvalue weighted by Gasteiger charge is 1.88. The van der Waals surface area contributed by atoms with Crippen molar-refractivity contribution < 1.29 is 0 Å². The van der Waals surface area contributed by atoms with Crippen LogP contribution in [0.25, 0.3) is 0 Å². The molecule has 0 radical (unpaired) electrons. The molecule has 13 heavy (non-hydrogen) atoms. The minimum absolute atomic E-state index is 0.273. The number of rotatable bonds is 5. The molecular formula is C9H26N4. The van der Waals surface area contributed by atoms with Crippen LogP contribution in [0.2, 0.25) is 0 Å². The van der Waals surface area contributed by atoms with E-state index < -0.39 is 0 Å². The summed E-state index contributed by atoms with van der Waals surface area (Å²) in [6, 6.07) is 0.596. The second kappa shape index (κ2) is 11.8. The van der Waals surface area contributed by atoms with Gasteiger partial charge < -0.3 is 22.9 Å². The van der Waals surface area contributed by atoms with Crippen LogP contribution in [-0.2, 0) is 0 Å². The Hall–Kier alpha value is -0.160. The van der Waals surface area contributed by atoms with Crippen molar-refractivity contribution in [2.75, 3.05) is 13.1 Å². The van der Waals surface area contributed by atoms with Crippen molar-refractivity contribution >= 4 is 0 Å². The van der Waals surface area contributed by atoms with Crippen LogP contribution in [0.15, 0.2) is 0 Å². The lowest BCUT2D eigenvalue weighted by Crippen LogP contribution is -2.18. The van der Waals surface area contributed by atoms with Gasteiger partial charge in [0.1, 0.15) is 0 Å². The summed E-state index contributed by atoms with van der Waals surface area (Å²) in [5.41, 5.74) is 21.1. The molecule has 0 aromatic carbocycles. The van der Waals surface area contributed by atoms with Gasteiger partial charge in [-0.3, -0.25) is 0 Å². The molecule has 0 saturated carbocycles. The maximum Gasteiger partial charge on any atom is 0.00224 e. The van der Waals surface area contributed by atoms with Crippen LogP contribution in [0.4, 0.5) is 0 Å². The van der Waals surface area contributed by atoms with E-state index in [-0.39, 0.29) is 6.04 Å². The zero-order chi connectivity index (χ0) is 10.7. The first-order valence-corrected chi connectivity index (χ1v) is 4.95. The fourth-order valence-corrected chi connectivity index (χ4v) is 0.703. The largest absolute Gasteiger partial charge is 0.330 e. The molecule has 0 fully saturated rings. The Morgan fingerprint density at radius 1 is 0.846 bits per heavy atom. The number of nitrogens with two attached hydrogens (primary N) is 4. The minimum Gasteiger partial charge on any atom is -0.330 e. The predicted molar refractivity (Wildman–Crippen MR) is 59.3 cm³/mol. The van der Waals surface area contributed by atoms with Gasteiger partial charge >= 0.3 is 0 Å². The van der Waals surface area contributed by atoms with Crippen molar-refractivity contribution in [3.63, 3.8) is 0 Å². The van der Waals surface area contributed by atoms with E-state index in [0.717, 1.165) is 25.8 Å². The van der Waals surface area contributed by atoms with Crippen LogP contribution >= 0.6 is 0 Å². The average molecular weight is 190 g/mol. The van der Waals surface area contributed by atoms with Crippen LogP contribution in [-0.4, -0.2) is 25.2 Å². The summed E-state index contributed by atoms with van der Waals surface area (Å²) < 4.78 is 0. The highest BCUT2D eigenvalue weighted by atomic mass is 14.6. The van der Waals surface area contributed by atoms with E-state index in [9.17, 15) is 0 Å². The lowest BCUT2D eigenvalue weighted by Gasteiger charge is -1.99. The zero-order valence-electron chi connectivity index (χ0n) is 9.00. The monoisotopic (exact) mass is 190 g/mol. The molecule has 0 saturated heterocycles. The van der Waals surface area contributed by atoms with Crippen molar-refractivity contribution in [1.29, 1.82) is 0 Å². The second-order valence-electron chi connectivity index (χ2n) is 3.46. The Kier molecular flexibility index (Phi) is 14.0. The Bertz CT molecular complexity index is 83.7. The van der Waals surface area contributed by atoms with Gasteiger partial charge in [-0.15, -0.1) is 0 Å². The smallest absolute Gasteiger partial charge is 0.00224 e. The zero-order valence-corrected chi connectivity index (χ0v) is 9.00. The molecule has 0 bridgehead atoms. The quantitative estimate of drug-likeness (QED) is 0.480. The van der Waals surface area contributed by atoms with Crippen molar-refractivity contribution in [2.45, 2.75) is 45.2 Å². The van der Waals surface area contributed by atoms with Gasteiger partial charge in [-0.25, -0.2) is 0 Å². The third kappa shape index (κ3) is 24.5. The molecule has 2 atom stereocenters. The van der Waals surface area contributed by atoms with Gasteiger partial charge in [0.25, 0.3) is 0 Å². The van der Waals surface area contributed by atoms with Gasteiger partial charge in [0.2, 0.25) is 0 Å².